The van der Waals surface area contributed by atoms with E-state index in [9.17, 15) is 0 Å². The van der Waals surface area contributed by atoms with Crippen LogP contribution in [0.4, 0.5) is 0 Å². The highest BCUT2D eigenvalue weighted by molar-refractivity contribution is 6.30. The summed E-state index contributed by atoms with van der Waals surface area (Å²) < 4.78 is 0. The van der Waals surface area contributed by atoms with Gasteiger partial charge in [0.05, 0.1) is 0 Å². The standard InChI is InChI=1S/C24H39ClN2/c1-5-17-26(18-6-2)23-13-15-24(16-14-23,27(19-7-3)20-8-4)21-9-11-22(25)12-10-21/h5,9-12,23H,1,6-8,13-20H2,2-4H3. The summed E-state index contributed by atoms with van der Waals surface area (Å²) in [7, 11) is 0. The summed E-state index contributed by atoms with van der Waals surface area (Å²) in [6.45, 7) is 15.4. The first-order valence-electron chi connectivity index (χ1n) is 11.0. The van der Waals surface area contributed by atoms with Crippen molar-refractivity contribution in [3.63, 3.8) is 0 Å². The minimum atomic E-state index is 0.166. The van der Waals surface area contributed by atoms with Gasteiger partial charge in [0, 0.05) is 23.1 Å². The van der Waals surface area contributed by atoms with Gasteiger partial charge in [-0.05, 0) is 82.3 Å². The molecule has 0 heterocycles. The van der Waals surface area contributed by atoms with E-state index in [4.69, 9.17) is 11.6 Å². The molecule has 1 aromatic carbocycles. The Hall–Kier alpha value is -0.830. The molecule has 1 aliphatic carbocycles. The summed E-state index contributed by atoms with van der Waals surface area (Å²) in [5, 5.41) is 0.834. The first kappa shape index (κ1) is 22.5. The zero-order valence-corrected chi connectivity index (χ0v) is 18.5. The van der Waals surface area contributed by atoms with Gasteiger partial charge < -0.3 is 0 Å². The Kier molecular flexibility index (Phi) is 9.35. The van der Waals surface area contributed by atoms with Crippen LogP contribution in [0.5, 0.6) is 0 Å². The zero-order valence-electron chi connectivity index (χ0n) is 17.7. The van der Waals surface area contributed by atoms with E-state index in [2.05, 4.69) is 67.5 Å². The van der Waals surface area contributed by atoms with Gasteiger partial charge in [-0.3, -0.25) is 9.80 Å². The third-order valence-electron chi connectivity index (χ3n) is 6.15. The first-order chi connectivity index (χ1) is 13.1. The van der Waals surface area contributed by atoms with E-state index in [0.717, 1.165) is 11.6 Å². The Morgan fingerprint density at radius 1 is 1.00 bits per heavy atom. The second kappa shape index (κ2) is 11.2. The van der Waals surface area contributed by atoms with E-state index in [1.54, 1.807) is 0 Å². The lowest BCUT2D eigenvalue weighted by Crippen LogP contribution is -2.52. The van der Waals surface area contributed by atoms with Crippen molar-refractivity contribution in [1.29, 1.82) is 0 Å². The van der Waals surface area contributed by atoms with Crippen molar-refractivity contribution >= 4 is 11.6 Å². The van der Waals surface area contributed by atoms with Crippen molar-refractivity contribution in [1.82, 2.24) is 9.80 Å². The normalized spacial score (nSPS) is 23.1. The van der Waals surface area contributed by atoms with Crippen molar-refractivity contribution < 1.29 is 0 Å². The lowest BCUT2D eigenvalue weighted by Gasteiger charge is -2.50. The summed E-state index contributed by atoms with van der Waals surface area (Å²) in [4.78, 5) is 5.41. The Bertz CT molecular complexity index is 540. The monoisotopic (exact) mass is 390 g/mol. The number of hydrogen-bond acceptors (Lipinski definition) is 2. The fraction of sp³-hybridized carbons (Fsp3) is 0.667. The Balaban J connectivity index is 2.27. The number of hydrogen-bond donors (Lipinski definition) is 0. The molecule has 1 aromatic rings. The van der Waals surface area contributed by atoms with Gasteiger partial charge in [-0.1, -0.05) is 50.6 Å². The smallest absolute Gasteiger partial charge is 0.0461 e. The summed E-state index contributed by atoms with van der Waals surface area (Å²) >= 11 is 6.20. The van der Waals surface area contributed by atoms with Crippen LogP contribution in [0.25, 0.3) is 0 Å². The molecule has 0 N–H and O–H groups in total. The average molecular weight is 391 g/mol. The lowest BCUT2D eigenvalue weighted by molar-refractivity contribution is 0.0178. The van der Waals surface area contributed by atoms with Gasteiger partial charge in [0.2, 0.25) is 0 Å². The molecule has 0 aliphatic heterocycles. The quantitative estimate of drug-likeness (QED) is 0.398. The van der Waals surface area contributed by atoms with Gasteiger partial charge in [0.1, 0.15) is 0 Å². The highest BCUT2D eigenvalue weighted by Crippen LogP contribution is 2.44. The topological polar surface area (TPSA) is 6.48 Å². The van der Waals surface area contributed by atoms with E-state index in [0.29, 0.717) is 6.04 Å². The predicted molar refractivity (Wildman–Crippen MR) is 120 cm³/mol. The molecule has 0 radical (unpaired) electrons. The van der Waals surface area contributed by atoms with Crippen LogP contribution in [0.1, 0.15) is 71.3 Å². The molecular weight excluding hydrogens is 352 g/mol. The van der Waals surface area contributed by atoms with Gasteiger partial charge in [-0.2, -0.15) is 0 Å². The number of nitrogens with zero attached hydrogens (tertiary/aromatic N) is 2. The average Bonchev–Trinajstić information content (AvgIpc) is 2.68. The van der Waals surface area contributed by atoms with Crippen molar-refractivity contribution in [3.05, 3.63) is 47.5 Å². The molecule has 1 saturated carbocycles. The van der Waals surface area contributed by atoms with Crippen LogP contribution in [-0.2, 0) is 5.54 Å². The molecule has 27 heavy (non-hydrogen) atoms. The van der Waals surface area contributed by atoms with Crippen molar-refractivity contribution in [2.45, 2.75) is 77.3 Å². The first-order valence-corrected chi connectivity index (χ1v) is 11.3. The summed E-state index contributed by atoms with van der Waals surface area (Å²) in [5.74, 6) is 0. The fourth-order valence-electron chi connectivity index (χ4n) is 4.95. The van der Waals surface area contributed by atoms with Crippen LogP contribution in [0.2, 0.25) is 5.02 Å². The predicted octanol–water partition coefficient (Wildman–Crippen LogP) is 6.50. The highest BCUT2D eigenvalue weighted by Gasteiger charge is 2.42. The van der Waals surface area contributed by atoms with Gasteiger partial charge >= 0.3 is 0 Å². The minimum absolute atomic E-state index is 0.166. The highest BCUT2D eigenvalue weighted by atomic mass is 35.5. The van der Waals surface area contributed by atoms with Crippen LogP contribution in [-0.4, -0.2) is 42.0 Å². The minimum Gasteiger partial charge on any atom is -0.297 e. The molecule has 1 fully saturated rings. The SMILES string of the molecule is C=CCN(CCC)C1CCC(c2ccc(Cl)cc2)(N(CCC)CCC)CC1. The van der Waals surface area contributed by atoms with E-state index in [1.807, 2.05) is 0 Å². The molecule has 0 unspecified atom stereocenters. The molecule has 2 rings (SSSR count). The molecule has 0 bridgehead atoms. The van der Waals surface area contributed by atoms with Crippen molar-refractivity contribution in [2.75, 3.05) is 26.2 Å². The van der Waals surface area contributed by atoms with Gasteiger partial charge in [-0.25, -0.2) is 0 Å². The van der Waals surface area contributed by atoms with E-state index in [1.165, 1.54) is 70.1 Å². The van der Waals surface area contributed by atoms with Crippen LogP contribution in [0, 0.1) is 0 Å². The molecule has 0 aromatic heterocycles. The molecule has 0 amide bonds. The van der Waals surface area contributed by atoms with Crippen LogP contribution in [0.15, 0.2) is 36.9 Å². The van der Waals surface area contributed by atoms with Gasteiger partial charge in [0.15, 0.2) is 0 Å². The molecule has 1 aliphatic rings. The summed E-state index contributed by atoms with van der Waals surface area (Å²) in [5.41, 5.74) is 1.62. The van der Waals surface area contributed by atoms with E-state index >= 15 is 0 Å². The molecular formula is C24H39ClN2. The van der Waals surface area contributed by atoms with Crippen molar-refractivity contribution in [2.24, 2.45) is 0 Å². The van der Waals surface area contributed by atoms with E-state index < -0.39 is 0 Å². The maximum atomic E-state index is 6.20. The lowest BCUT2D eigenvalue weighted by atomic mass is 9.73. The van der Waals surface area contributed by atoms with E-state index in [-0.39, 0.29) is 5.54 Å². The Morgan fingerprint density at radius 3 is 2.04 bits per heavy atom. The fourth-order valence-corrected chi connectivity index (χ4v) is 5.07. The molecule has 0 atom stereocenters. The molecule has 3 heteroatoms. The Labute approximate surface area is 172 Å². The Morgan fingerprint density at radius 2 is 1.56 bits per heavy atom. The maximum absolute atomic E-state index is 6.20. The molecule has 0 saturated heterocycles. The molecule has 152 valence electrons. The summed E-state index contributed by atoms with van der Waals surface area (Å²) in [6.07, 6.45) is 10.7. The third kappa shape index (κ3) is 5.59. The third-order valence-corrected chi connectivity index (χ3v) is 6.40. The van der Waals surface area contributed by atoms with Gasteiger partial charge in [-0.15, -0.1) is 6.58 Å². The molecule has 2 nitrogen and oxygen atoms in total. The largest absolute Gasteiger partial charge is 0.297 e. The maximum Gasteiger partial charge on any atom is 0.0461 e. The van der Waals surface area contributed by atoms with Crippen LogP contribution >= 0.6 is 11.6 Å². The number of halogens is 1. The van der Waals surface area contributed by atoms with Crippen molar-refractivity contribution in [3.8, 4) is 0 Å². The number of benzene rings is 1. The van der Waals surface area contributed by atoms with Gasteiger partial charge in [0.25, 0.3) is 0 Å². The molecule has 0 spiro atoms. The van der Waals surface area contributed by atoms with Crippen LogP contribution in [0.3, 0.4) is 0 Å². The zero-order chi connectivity index (χ0) is 19.7. The van der Waals surface area contributed by atoms with Crippen LogP contribution < -0.4 is 0 Å². The second-order valence-corrected chi connectivity index (χ2v) is 8.48. The second-order valence-electron chi connectivity index (χ2n) is 8.04. The summed E-state index contributed by atoms with van der Waals surface area (Å²) in [6, 6.07) is 9.38. The number of rotatable bonds is 11.